The standard InChI is InChI=1S/C46H60O6/c1-29(2)11-10-12-30(3)32-15-20-39-37-18-16-33-25-36(21-24-46(33,6)40(37)22-23-45(39,5)27-32)51-42(47)28-49-35-17-19-38-41(26-35)50-31(4)44(43(38)48)52-34-13-8-7-9-14-34/h7-9,13-14,16-17,19,26,29-30,32,36-37,39-40H,10-12,15,18,20-25,27-28H2,1-6H3/t30-,32+,36-,37-,39+,40-,45-,46+/m0/s1. The number of carbonyl (C=O) groups excluding carboxylic acids is 1. The van der Waals surface area contributed by atoms with Crippen LogP contribution in [0.15, 0.2) is 69.4 Å². The number of allylic oxidation sites excluding steroid dienone is 1. The summed E-state index contributed by atoms with van der Waals surface area (Å²) < 4.78 is 23.7. The largest absolute Gasteiger partial charge is 0.482 e. The SMILES string of the molecule is Cc1oc2cc(OCC(=O)O[C@H]3CC[C@]4(C)C(=CC[C@H]5[C@H]6CC[C@@H]([C@@H](C)CCCC(C)C)C[C@]6(C)CC[C@@H]54)C3)ccc2c(=O)c1Oc1ccccc1. The molecule has 0 spiro atoms. The third-order valence-corrected chi connectivity index (χ3v) is 14.0. The molecule has 6 heteroatoms. The number of ether oxygens (including phenoxy) is 3. The van der Waals surface area contributed by atoms with Crippen molar-refractivity contribution in [3.63, 3.8) is 0 Å². The van der Waals surface area contributed by atoms with Gasteiger partial charge in [-0.15, -0.1) is 0 Å². The zero-order valence-electron chi connectivity index (χ0n) is 32.4. The summed E-state index contributed by atoms with van der Waals surface area (Å²) in [6.45, 7) is 13.9. The Morgan fingerprint density at radius 2 is 1.75 bits per heavy atom. The summed E-state index contributed by atoms with van der Waals surface area (Å²) in [5.41, 5.74) is 2.34. The van der Waals surface area contributed by atoms with Gasteiger partial charge in [-0.1, -0.05) is 83.7 Å². The third-order valence-electron chi connectivity index (χ3n) is 14.0. The van der Waals surface area contributed by atoms with Crippen LogP contribution in [0.3, 0.4) is 0 Å². The Bertz CT molecular complexity index is 1820. The second-order valence-electron chi connectivity index (χ2n) is 17.8. The molecule has 3 aromatic rings. The van der Waals surface area contributed by atoms with Gasteiger partial charge in [-0.2, -0.15) is 0 Å². The van der Waals surface area contributed by atoms with Crippen LogP contribution in [0.1, 0.15) is 117 Å². The number of benzene rings is 2. The molecule has 0 radical (unpaired) electrons. The van der Waals surface area contributed by atoms with Crippen molar-refractivity contribution in [1.29, 1.82) is 0 Å². The molecule has 52 heavy (non-hydrogen) atoms. The summed E-state index contributed by atoms with van der Waals surface area (Å²) >= 11 is 0. The minimum Gasteiger partial charge on any atom is -0.482 e. The number of esters is 1. The maximum Gasteiger partial charge on any atom is 0.344 e. The smallest absolute Gasteiger partial charge is 0.344 e. The van der Waals surface area contributed by atoms with Crippen molar-refractivity contribution in [3.05, 3.63) is 76.2 Å². The van der Waals surface area contributed by atoms with Crippen LogP contribution in [-0.2, 0) is 9.53 Å². The molecule has 4 aliphatic carbocycles. The van der Waals surface area contributed by atoms with Crippen LogP contribution in [0.5, 0.6) is 17.2 Å². The van der Waals surface area contributed by atoms with Gasteiger partial charge in [0.2, 0.25) is 11.2 Å². The second kappa shape index (κ2) is 15.1. The molecule has 4 aliphatic rings. The summed E-state index contributed by atoms with van der Waals surface area (Å²) in [5.74, 6) is 6.09. The Kier molecular flexibility index (Phi) is 10.7. The number of para-hydroxylation sites is 1. The fraction of sp³-hybridized carbons (Fsp3) is 0.609. The highest BCUT2D eigenvalue weighted by atomic mass is 16.6. The number of aryl methyl sites for hydroxylation is 1. The monoisotopic (exact) mass is 708 g/mol. The van der Waals surface area contributed by atoms with Crippen LogP contribution < -0.4 is 14.9 Å². The lowest BCUT2D eigenvalue weighted by atomic mass is 9.44. The summed E-state index contributed by atoms with van der Waals surface area (Å²) in [5, 5.41) is 0.386. The van der Waals surface area contributed by atoms with Crippen LogP contribution in [0.25, 0.3) is 11.0 Å². The van der Waals surface area contributed by atoms with Gasteiger partial charge in [0.05, 0.1) is 5.39 Å². The maximum absolute atomic E-state index is 13.2. The van der Waals surface area contributed by atoms with Crippen LogP contribution in [-0.4, -0.2) is 18.7 Å². The zero-order valence-corrected chi connectivity index (χ0v) is 32.4. The highest BCUT2D eigenvalue weighted by Crippen LogP contribution is 2.65. The lowest BCUT2D eigenvalue weighted by molar-refractivity contribution is -0.154. The van der Waals surface area contributed by atoms with E-state index in [0.29, 0.717) is 33.6 Å². The highest BCUT2D eigenvalue weighted by Gasteiger charge is 2.56. The van der Waals surface area contributed by atoms with E-state index in [-0.39, 0.29) is 35.3 Å². The van der Waals surface area contributed by atoms with Gasteiger partial charge in [0.15, 0.2) is 6.61 Å². The van der Waals surface area contributed by atoms with Crippen molar-refractivity contribution in [2.75, 3.05) is 6.61 Å². The van der Waals surface area contributed by atoms with E-state index in [1.165, 1.54) is 63.4 Å². The highest BCUT2D eigenvalue weighted by molar-refractivity contribution is 5.80. The van der Waals surface area contributed by atoms with Crippen LogP contribution >= 0.6 is 0 Å². The Balaban J connectivity index is 0.933. The van der Waals surface area contributed by atoms with E-state index >= 15 is 0 Å². The summed E-state index contributed by atoms with van der Waals surface area (Å²) in [7, 11) is 0. The van der Waals surface area contributed by atoms with Gasteiger partial charge in [0.1, 0.15) is 28.9 Å². The molecule has 0 unspecified atom stereocenters. The molecule has 3 fully saturated rings. The van der Waals surface area contributed by atoms with Crippen molar-refractivity contribution in [2.45, 2.75) is 125 Å². The average molecular weight is 709 g/mol. The first-order valence-corrected chi connectivity index (χ1v) is 20.3. The number of rotatable bonds is 11. The number of fused-ring (bicyclic) bond motifs is 6. The molecule has 280 valence electrons. The van der Waals surface area contributed by atoms with E-state index in [4.69, 9.17) is 18.6 Å². The molecule has 6 nitrogen and oxygen atoms in total. The Morgan fingerprint density at radius 3 is 2.54 bits per heavy atom. The van der Waals surface area contributed by atoms with E-state index in [1.54, 1.807) is 37.3 Å². The first-order valence-electron chi connectivity index (χ1n) is 20.3. The van der Waals surface area contributed by atoms with E-state index in [1.807, 2.05) is 18.2 Å². The Hall–Kier alpha value is -3.54. The molecule has 0 amide bonds. The molecule has 1 heterocycles. The van der Waals surface area contributed by atoms with Crippen LogP contribution in [0.2, 0.25) is 0 Å². The molecule has 0 bridgehead atoms. The van der Waals surface area contributed by atoms with Gasteiger partial charge in [-0.25, -0.2) is 4.79 Å². The zero-order chi connectivity index (χ0) is 36.6. The Labute approximate surface area is 310 Å². The summed E-state index contributed by atoms with van der Waals surface area (Å²) in [6.07, 6.45) is 17.5. The summed E-state index contributed by atoms with van der Waals surface area (Å²) in [4.78, 5) is 26.2. The molecule has 3 saturated carbocycles. The molecule has 0 saturated heterocycles. The van der Waals surface area contributed by atoms with E-state index in [0.717, 1.165) is 54.8 Å². The van der Waals surface area contributed by atoms with Gasteiger partial charge in [-0.05, 0) is 129 Å². The Morgan fingerprint density at radius 1 is 0.942 bits per heavy atom. The minimum atomic E-state index is -0.365. The molecule has 8 atom stereocenters. The lowest BCUT2D eigenvalue weighted by Gasteiger charge is -2.61. The van der Waals surface area contributed by atoms with Crippen molar-refractivity contribution in [3.8, 4) is 17.2 Å². The van der Waals surface area contributed by atoms with Crippen LogP contribution in [0.4, 0.5) is 0 Å². The number of hydrogen-bond donors (Lipinski definition) is 0. The second-order valence-corrected chi connectivity index (χ2v) is 17.8. The average Bonchev–Trinajstić information content (AvgIpc) is 3.12. The first-order chi connectivity index (χ1) is 24.9. The predicted octanol–water partition coefficient (Wildman–Crippen LogP) is 11.6. The molecular formula is C46H60O6. The van der Waals surface area contributed by atoms with Crippen molar-refractivity contribution in [1.82, 2.24) is 0 Å². The van der Waals surface area contributed by atoms with Gasteiger partial charge in [-0.3, -0.25) is 4.79 Å². The molecule has 0 N–H and O–H groups in total. The lowest BCUT2D eigenvalue weighted by Crippen LogP contribution is -2.52. The molecule has 1 aromatic heterocycles. The number of hydrogen-bond acceptors (Lipinski definition) is 6. The molecule has 7 rings (SSSR count). The third kappa shape index (κ3) is 7.46. The topological polar surface area (TPSA) is 75.0 Å². The van der Waals surface area contributed by atoms with Crippen molar-refractivity contribution < 1.29 is 23.4 Å². The normalized spacial score (nSPS) is 30.4. The van der Waals surface area contributed by atoms with Crippen molar-refractivity contribution >= 4 is 16.9 Å². The van der Waals surface area contributed by atoms with Gasteiger partial charge in [0, 0.05) is 12.5 Å². The van der Waals surface area contributed by atoms with Gasteiger partial charge in [0.25, 0.3) is 0 Å². The maximum atomic E-state index is 13.2. The molecule has 0 aliphatic heterocycles. The number of carbonyl (C=O) groups is 1. The first kappa shape index (κ1) is 36.8. The molecular weight excluding hydrogens is 649 g/mol. The fourth-order valence-electron chi connectivity index (χ4n) is 11.0. The van der Waals surface area contributed by atoms with Crippen LogP contribution in [0, 0.1) is 53.3 Å². The van der Waals surface area contributed by atoms with E-state index in [9.17, 15) is 9.59 Å². The van der Waals surface area contributed by atoms with Gasteiger partial charge < -0.3 is 18.6 Å². The van der Waals surface area contributed by atoms with Crippen molar-refractivity contribution in [2.24, 2.45) is 46.3 Å². The fourth-order valence-corrected chi connectivity index (χ4v) is 11.0. The predicted molar refractivity (Wildman–Crippen MR) is 207 cm³/mol. The summed E-state index contributed by atoms with van der Waals surface area (Å²) in [6, 6.07) is 14.1. The minimum absolute atomic E-state index is 0.117. The molecule has 2 aromatic carbocycles. The van der Waals surface area contributed by atoms with E-state index in [2.05, 4.69) is 40.7 Å². The quantitative estimate of drug-likeness (QED) is 0.146. The van der Waals surface area contributed by atoms with Gasteiger partial charge >= 0.3 is 5.97 Å². The van der Waals surface area contributed by atoms with E-state index < -0.39 is 0 Å².